The summed E-state index contributed by atoms with van der Waals surface area (Å²) in [7, 11) is 0. The van der Waals surface area contributed by atoms with E-state index in [-0.39, 0.29) is 18.4 Å². The van der Waals surface area contributed by atoms with Crippen molar-refractivity contribution in [1.82, 2.24) is 4.90 Å². The Kier molecular flexibility index (Phi) is 8.04. The van der Waals surface area contributed by atoms with Crippen molar-refractivity contribution in [3.05, 3.63) is 64.6 Å². The molecule has 30 heavy (non-hydrogen) atoms. The van der Waals surface area contributed by atoms with Crippen LogP contribution in [0.2, 0.25) is 0 Å². The van der Waals surface area contributed by atoms with Crippen molar-refractivity contribution in [2.75, 3.05) is 49.6 Å². The van der Waals surface area contributed by atoms with E-state index in [0.717, 1.165) is 42.0 Å². The minimum atomic E-state index is -0.224. The van der Waals surface area contributed by atoms with Gasteiger partial charge in [-0.1, -0.05) is 34.1 Å². The molecule has 1 saturated heterocycles. The molecule has 2 amide bonds. The molecular formula is C23H26BrN3O3. The molecule has 0 bridgehead atoms. The van der Waals surface area contributed by atoms with E-state index in [4.69, 9.17) is 4.74 Å². The third-order valence-electron chi connectivity index (χ3n) is 4.87. The van der Waals surface area contributed by atoms with Crippen LogP contribution in [0.15, 0.2) is 59.1 Å². The van der Waals surface area contributed by atoms with Gasteiger partial charge in [-0.3, -0.25) is 9.59 Å². The molecule has 6 nitrogen and oxygen atoms in total. The van der Waals surface area contributed by atoms with Crippen molar-refractivity contribution in [2.24, 2.45) is 0 Å². The lowest BCUT2D eigenvalue weighted by Gasteiger charge is -2.29. The summed E-state index contributed by atoms with van der Waals surface area (Å²) in [4.78, 5) is 28.7. The van der Waals surface area contributed by atoms with Crippen LogP contribution in [0.25, 0.3) is 6.08 Å². The number of likely N-dealkylation sites (N-methyl/N-ethyl adjacent to an activating group) is 1. The van der Waals surface area contributed by atoms with Crippen molar-refractivity contribution in [3.63, 3.8) is 0 Å². The molecule has 1 aliphatic rings. The molecule has 0 radical (unpaired) electrons. The van der Waals surface area contributed by atoms with Crippen LogP contribution in [0, 0.1) is 0 Å². The third kappa shape index (κ3) is 6.18. The van der Waals surface area contributed by atoms with Crippen molar-refractivity contribution in [1.29, 1.82) is 0 Å². The van der Waals surface area contributed by atoms with Gasteiger partial charge in [-0.2, -0.15) is 0 Å². The van der Waals surface area contributed by atoms with Crippen LogP contribution in [0.4, 0.5) is 11.4 Å². The van der Waals surface area contributed by atoms with E-state index in [0.29, 0.717) is 12.2 Å². The normalized spacial score (nSPS) is 14.0. The van der Waals surface area contributed by atoms with Crippen molar-refractivity contribution in [3.8, 4) is 0 Å². The average molecular weight is 472 g/mol. The zero-order valence-electron chi connectivity index (χ0n) is 17.0. The summed E-state index contributed by atoms with van der Waals surface area (Å²) in [5.74, 6) is -0.426. The van der Waals surface area contributed by atoms with Gasteiger partial charge in [-0.25, -0.2) is 0 Å². The van der Waals surface area contributed by atoms with Gasteiger partial charge in [0, 0.05) is 41.6 Å². The third-order valence-corrected chi connectivity index (χ3v) is 5.59. The lowest BCUT2D eigenvalue weighted by molar-refractivity contribution is -0.130. The number of carbonyl (C=O) groups is 2. The number of rotatable bonds is 7. The molecule has 1 heterocycles. The monoisotopic (exact) mass is 471 g/mol. The number of halogens is 1. The zero-order chi connectivity index (χ0) is 21.3. The Morgan fingerprint density at radius 1 is 1.13 bits per heavy atom. The van der Waals surface area contributed by atoms with Gasteiger partial charge in [0.1, 0.15) is 6.54 Å². The summed E-state index contributed by atoms with van der Waals surface area (Å²) in [6.07, 6.45) is 3.24. The number of hydrogen-bond acceptors (Lipinski definition) is 4. The van der Waals surface area contributed by atoms with Gasteiger partial charge in [-0.15, -0.1) is 0 Å². The second-order valence-electron chi connectivity index (χ2n) is 6.90. The van der Waals surface area contributed by atoms with Gasteiger partial charge in [0.2, 0.25) is 11.8 Å². The first kappa shape index (κ1) is 22.1. The van der Waals surface area contributed by atoms with E-state index < -0.39 is 0 Å². The molecule has 0 aliphatic carbocycles. The maximum absolute atomic E-state index is 12.5. The molecule has 0 aromatic heterocycles. The van der Waals surface area contributed by atoms with E-state index in [1.165, 1.54) is 11.0 Å². The summed E-state index contributed by atoms with van der Waals surface area (Å²) in [5, 5.41) is 2.87. The lowest BCUT2D eigenvalue weighted by atomic mass is 10.2. The van der Waals surface area contributed by atoms with Gasteiger partial charge in [0.05, 0.1) is 13.2 Å². The number of morpholine rings is 1. The van der Waals surface area contributed by atoms with Gasteiger partial charge >= 0.3 is 0 Å². The van der Waals surface area contributed by atoms with Gasteiger partial charge < -0.3 is 19.9 Å². The van der Waals surface area contributed by atoms with Crippen molar-refractivity contribution >= 4 is 45.2 Å². The fourth-order valence-electron chi connectivity index (χ4n) is 3.17. The molecule has 158 valence electrons. The predicted molar refractivity (Wildman–Crippen MR) is 124 cm³/mol. The van der Waals surface area contributed by atoms with Gasteiger partial charge in [0.15, 0.2) is 0 Å². The fourth-order valence-corrected chi connectivity index (χ4v) is 3.59. The van der Waals surface area contributed by atoms with E-state index in [1.54, 1.807) is 6.08 Å². The fraction of sp³-hybridized carbons (Fsp3) is 0.304. The highest BCUT2D eigenvalue weighted by Gasteiger charge is 2.14. The number of nitrogens with zero attached hydrogens (tertiary/aromatic N) is 2. The van der Waals surface area contributed by atoms with Crippen LogP contribution in [-0.2, 0) is 14.3 Å². The summed E-state index contributed by atoms with van der Waals surface area (Å²) >= 11 is 3.46. The van der Waals surface area contributed by atoms with Gasteiger partial charge in [0.25, 0.3) is 0 Å². The lowest BCUT2D eigenvalue weighted by Crippen LogP contribution is -2.37. The molecule has 7 heteroatoms. The average Bonchev–Trinajstić information content (AvgIpc) is 2.78. The molecule has 0 saturated carbocycles. The molecule has 2 aromatic rings. The van der Waals surface area contributed by atoms with Crippen LogP contribution in [0.1, 0.15) is 12.5 Å². The standard InChI is InChI=1S/C23H26BrN3O3/c1-2-26(23(29)12-7-18-5-3-4-6-21(18)24)17-22(28)25-19-8-10-20(11-9-19)27-13-15-30-16-14-27/h3-12H,2,13-17H2,1H3,(H,25,28)/b12-7+. The van der Waals surface area contributed by atoms with Crippen LogP contribution in [0.3, 0.4) is 0 Å². The highest BCUT2D eigenvalue weighted by Crippen LogP contribution is 2.19. The molecule has 3 rings (SSSR count). The molecule has 1 N–H and O–H groups in total. The molecule has 0 unspecified atom stereocenters. The number of amides is 2. The highest BCUT2D eigenvalue weighted by atomic mass is 79.9. The molecular weight excluding hydrogens is 446 g/mol. The Bertz CT molecular complexity index is 893. The Hall–Kier alpha value is -2.64. The quantitative estimate of drug-likeness (QED) is 0.624. The van der Waals surface area contributed by atoms with Crippen molar-refractivity contribution < 1.29 is 14.3 Å². The summed E-state index contributed by atoms with van der Waals surface area (Å²) in [5.41, 5.74) is 2.73. The minimum absolute atomic E-state index is 0.000841. The second kappa shape index (κ2) is 10.9. The van der Waals surface area contributed by atoms with Crippen LogP contribution in [-0.4, -0.2) is 56.1 Å². The van der Waals surface area contributed by atoms with Crippen LogP contribution < -0.4 is 10.2 Å². The van der Waals surface area contributed by atoms with E-state index in [9.17, 15) is 9.59 Å². The van der Waals surface area contributed by atoms with Gasteiger partial charge in [-0.05, 0) is 48.9 Å². The number of nitrogens with one attached hydrogen (secondary N) is 1. The SMILES string of the molecule is CCN(CC(=O)Nc1ccc(N2CCOCC2)cc1)C(=O)/C=C/c1ccccc1Br. The predicted octanol–water partition coefficient (Wildman–Crippen LogP) is 3.79. The number of ether oxygens (including phenoxy) is 1. The minimum Gasteiger partial charge on any atom is -0.378 e. The largest absolute Gasteiger partial charge is 0.378 e. The molecule has 0 atom stereocenters. The van der Waals surface area contributed by atoms with Crippen LogP contribution in [0.5, 0.6) is 0 Å². The second-order valence-corrected chi connectivity index (χ2v) is 7.76. The first-order chi connectivity index (χ1) is 14.6. The number of carbonyl (C=O) groups excluding carboxylic acids is 2. The van der Waals surface area contributed by atoms with Crippen LogP contribution >= 0.6 is 15.9 Å². The maximum atomic E-state index is 12.5. The zero-order valence-corrected chi connectivity index (χ0v) is 18.6. The number of benzene rings is 2. The summed E-state index contributed by atoms with van der Waals surface area (Å²) < 4.78 is 6.29. The summed E-state index contributed by atoms with van der Waals surface area (Å²) in [6, 6.07) is 15.4. The van der Waals surface area contributed by atoms with E-state index in [2.05, 4.69) is 26.1 Å². The molecule has 2 aromatic carbocycles. The topological polar surface area (TPSA) is 61.9 Å². The molecule has 0 spiro atoms. The first-order valence-electron chi connectivity index (χ1n) is 10.0. The number of anilines is 2. The first-order valence-corrected chi connectivity index (χ1v) is 10.8. The number of hydrogen-bond donors (Lipinski definition) is 1. The van der Waals surface area contributed by atoms with Crippen molar-refractivity contribution in [2.45, 2.75) is 6.92 Å². The molecule has 1 aliphatic heterocycles. The maximum Gasteiger partial charge on any atom is 0.247 e. The Labute approximate surface area is 185 Å². The Balaban J connectivity index is 1.54. The Morgan fingerprint density at radius 2 is 1.83 bits per heavy atom. The summed E-state index contributed by atoms with van der Waals surface area (Å²) in [6.45, 7) is 5.50. The molecule has 1 fully saturated rings. The Morgan fingerprint density at radius 3 is 2.50 bits per heavy atom. The smallest absolute Gasteiger partial charge is 0.247 e. The van der Waals surface area contributed by atoms with E-state index >= 15 is 0 Å². The van der Waals surface area contributed by atoms with E-state index in [1.807, 2.05) is 55.5 Å². The highest BCUT2D eigenvalue weighted by molar-refractivity contribution is 9.10.